The molecule has 0 aliphatic rings. The molecule has 9 heteroatoms. The first kappa shape index (κ1) is 23.3. The van der Waals surface area contributed by atoms with Gasteiger partial charge in [-0.1, -0.05) is 59.6 Å². The molecule has 0 atom stereocenters. The summed E-state index contributed by atoms with van der Waals surface area (Å²) >= 11 is 6.20. The van der Waals surface area contributed by atoms with Gasteiger partial charge in [-0.25, -0.2) is 9.67 Å². The molecule has 0 fully saturated rings. The van der Waals surface area contributed by atoms with E-state index in [1.165, 1.54) is 0 Å². The van der Waals surface area contributed by atoms with Crippen molar-refractivity contribution in [1.82, 2.24) is 14.8 Å². The number of halogens is 1. The Morgan fingerprint density at radius 2 is 1.91 bits per heavy atom. The van der Waals surface area contributed by atoms with Gasteiger partial charge in [0.05, 0.1) is 25.4 Å². The fraction of sp³-hybridized carbons (Fsp3) is 0.200. The van der Waals surface area contributed by atoms with Crippen LogP contribution in [0.2, 0.25) is 5.02 Å². The average Bonchev–Trinajstić information content (AvgIpc) is 3.48. The topological polar surface area (TPSA) is 99.2 Å². The van der Waals surface area contributed by atoms with Crippen molar-refractivity contribution in [2.75, 3.05) is 11.9 Å². The van der Waals surface area contributed by atoms with Crippen LogP contribution in [0.5, 0.6) is 0 Å². The quantitative estimate of drug-likeness (QED) is 0.351. The van der Waals surface area contributed by atoms with E-state index in [0.29, 0.717) is 29.0 Å². The summed E-state index contributed by atoms with van der Waals surface area (Å²) in [5.74, 6) is 0.558. The number of amides is 1. The number of benzene rings is 2. The standard InChI is InChI=1S/C25H23ClN4O4/c1-17-6-8-18(9-7-17)21-14-27-24(34-21)10-11-25(32)33-16-23(31)29-22-12-13-28-30(22)15-19-4-2-3-5-20(19)26/h2-9,12-14H,10-11,15-16H2,1H3,(H,29,31). The Morgan fingerprint density at radius 3 is 2.71 bits per heavy atom. The second kappa shape index (κ2) is 10.8. The summed E-state index contributed by atoms with van der Waals surface area (Å²) in [4.78, 5) is 28.5. The molecular weight excluding hydrogens is 456 g/mol. The van der Waals surface area contributed by atoms with E-state index in [1.54, 1.807) is 29.2 Å². The number of ether oxygens (including phenoxy) is 1. The lowest BCUT2D eigenvalue weighted by Gasteiger charge is -2.10. The first-order chi connectivity index (χ1) is 16.5. The molecule has 0 spiro atoms. The van der Waals surface area contributed by atoms with Gasteiger partial charge in [0.2, 0.25) is 0 Å². The van der Waals surface area contributed by atoms with Crippen LogP contribution in [0, 0.1) is 6.92 Å². The van der Waals surface area contributed by atoms with Gasteiger partial charge in [0.1, 0.15) is 5.82 Å². The van der Waals surface area contributed by atoms with Crippen molar-refractivity contribution in [3.05, 3.63) is 89.0 Å². The van der Waals surface area contributed by atoms with Crippen molar-refractivity contribution in [1.29, 1.82) is 0 Å². The van der Waals surface area contributed by atoms with Crippen LogP contribution in [-0.2, 0) is 27.3 Å². The zero-order valence-corrected chi connectivity index (χ0v) is 19.3. The maximum atomic E-state index is 12.3. The Labute approximate surface area is 201 Å². The second-order valence-corrected chi connectivity index (χ2v) is 8.07. The van der Waals surface area contributed by atoms with Crippen molar-refractivity contribution in [2.45, 2.75) is 26.3 Å². The molecule has 0 aliphatic carbocycles. The second-order valence-electron chi connectivity index (χ2n) is 7.66. The molecule has 0 bridgehead atoms. The average molecular weight is 479 g/mol. The predicted molar refractivity (Wildman–Crippen MR) is 127 cm³/mol. The van der Waals surface area contributed by atoms with Gasteiger partial charge in [-0.15, -0.1) is 0 Å². The van der Waals surface area contributed by atoms with Crippen LogP contribution in [0.3, 0.4) is 0 Å². The highest BCUT2D eigenvalue weighted by molar-refractivity contribution is 6.31. The third-order valence-corrected chi connectivity index (χ3v) is 5.43. The minimum absolute atomic E-state index is 0.0472. The summed E-state index contributed by atoms with van der Waals surface area (Å²) in [5, 5.41) is 7.52. The van der Waals surface area contributed by atoms with Crippen molar-refractivity contribution in [3.63, 3.8) is 0 Å². The molecule has 0 saturated carbocycles. The highest BCUT2D eigenvalue weighted by Crippen LogP contribution is 2.21. The monoisotopic (exact) mass is 478 g/mol. The molecule has 1 amide bonds. The number of nitrogens with zero attached hydrogens (tertiary/aromatic N) is 3. The van der Waals surface area contributed by atoms with Crippen LogP contribution in [0.4, 0.5) is 5.82 Å². The minimum atomic E-state index is -0.519. The molecule has 0 unspecified atom stereocenters. The lowest BCUT2D eigenvalue weighted by molar-refractivity contribution is -0.147. The minimum Gasteiger partial charge on any atom is -0.456 e. The molecule has 2 heterocycles. The number of rotatable bonds is 9. The molecule has 2 aromatic heterocycles. The van der Waals surface area contributed by atoms with Crippen LogP contribution in [0.25, 0.3) is 11.3 Å². The third-order valence-electron chi connectivity index (χ3n) is 5.06. The fourth-order valence-corrected chi connectivity index (χ4v) is 3.43. The molecule has 34 heavy (non-hydrogen) atoms. The van der Waals surface area contributed by atoms with Crippen molar-refractivity contribution in [3.8, 4) is 11.3 Å². The summed E-state index contributed by atoms with van der Waals surface area (Å²) < 4.78 is 12.4. The van der Waals surface area contributed by atoms with Crippen LogP contribution in [-0.4, -0.2) is 33.2 Å². The lowest BCUT2D eigenvalue weighted by Crippen LogP contribution is -2.23. The Hall–Kier alpha value is -3.91. The molecule has 174 valence electrons. The van der Waals surface area contributed by atoms with Gasteiger partial charge >= 0.3 is 5.97 Å². The summed E-state index contributed by atoms with van der Waals surface area (Å²) in [5.41, 5.74) is 2.93. The van der Waals surface area contributed by atoms with Crippen molar-refractivity contribution in [2.24, 2.45) is 0 Å². The van der Waals surface area contributed by atoms with Gasteiger partial charge < -0.3 is 14.5 Å². The number of hydrogen-bond acceptors (Lipinski definition) is 6. The van der Waals surface area contributed by atoms with E-state index in [9.17, 15) is 9.59 Å². The molecule has 0 saturated heterocycles. The molecule has 0 aliphatic heterocycles. The maximum absolute atomic E-state index is 12.3. The van der Waals surface area contributed by atoms with Crippen molar-refractivity contribution < 1.29 is 18.7 Å². The van der Waals surface area contributed by atoms with E-state index in [4.69, 9.17) is 20.8 Å². The first-order valence-electron chi connectivity index (χ1n) is 10.7. The number of aromatic nitrogens is 3. The van der Waals surface area contributed by atoms with Crippen LogP contribution in [0.1, 0.15) is 23.4 Å². The molecule has 8 nitrogen and oxygen atoms in total. The molecular formula is C25H23ClN4O4. The van der Waals surface area contributed by atoms with Gasteiger partial charge in [-0.05, 0) is 18.6 Å². The Kier molecular flexibility index (Phi) is 7.39. The van der Waals surface area contributed by atoms with E-state index < -0.39 is 18.5 Å². The number of anilines is 1. The molecule has 1 N–H and O–H groups in total. The Balaban J connectivity index is 1.23. The predicted octanol–water partition coefficient (Wildman–Crippen LogP) is 4.66. The summed E-state index contributed by atoms with van der Waals surface area (Å²) in [7, 11) is 0. The van der Waals surface area contributed by atoms with Gasteiger partial charge in [0, 0.05) is 23.1 Å². The summed E-state index contributed by atoms with van der Waals surface area (Å²) in [6.45, 7) is 2.00. The smallest absolute Gasteiger partial charge is 0.306 e. The maximum Gasteiger partial charge on any atom is 0.306 e. The SMILES string of the molecule is Cc1ccc(-c2cnc(CCC(=O)OCC(=O)Nc3ccnn3Cc3ccccc3Cl)o2)cc1. The number of hydrogen-bond donors (Lipinski definition) is 1. The highest BCUT2D eigenvalue weighted by atomic mass is 35.5. The molecule has 4 aromatic rings. The van der Waals surface area contributed by atoms with Gasteiger partial charge in [0.15, 0.2) is 18.3 Å². The van der Waals surface area contributed by atoms with Crippen LogP contribution >= 0.6 is 11.6 Å². The lowest BCUT2D eigenvalue weighted by atomic mass is 10.1. The third kappa shape index (κ3) is 6.11. The van der Waals surface area contributed by atoms with Gasteiger partial charge in [-0.2, -0.15) is 5.10 Å². The number of carbonyl (C=O) groups excluding carboxylic acids is 2. The van der Waals surface area contributed by atoms with E-state index >= 15 is 0 Å². The number of carbonyl (C=O) groups is 2. The zero-order valence-electron chi connectivity index (χ0n) is 18.5. The Bertz CT molecular complexity index is 1280. The number of esters is 1. The summed E-state index contributed by atoms with van der Waals surface area (Å²) in [6.07, 6.45) is 3.52. The Morgan fingerprint density at radius 1 is 1.12 bits per heavy atom. The number of aryl methyl sites for hydroxylation is 2. The first-order valence-corrected chi connectivity index (χ1v) is 11.1. The largest absolute Gasteiger partial charge is 0.456 e. The van der Waals surface area contributed by atoms with E-state index in [0.717, 1.165) is 16.7 Å². The molecule has 4 rings (SSSR count). The van der Waals surface area contributed by atoms with Crippen LogP contribution < -0.4 is 5.32 Å². The zero-order chi connectivity index (χ0) is 23.9. The normalized spacial score (nSPS) is 10.8. The van der Waals surface area contributed by atoms with E-state index in [1.807, 2.05) is 49.4 Å². The van der Waals surface area contributed by atoms with Gasteiger partial charge in [-0.3, -0.25) is 9.59 Å². The molecule has 2 aromatic carbocycles. The van der Waals surface area contributed by atoms with Crippen molar-refractivity contribution >= 4 is 29.3 Å². The van der Waals surface area contributed by atoms with E-state index in [2.05, 4.69) is 15.4 Å². The van der Waals surface area contributed by atoms with Crippen LogP contribution in [0.15, 0.2) is 71.4 Å². The number of oxazole rings is 1. The van der Waals surface area contributed by atoms with E-state index in [-0.39, 0.29) is 12.8 Å². The highest BCUT2D eigenvalue weighted by Gasteiger charge is 2.13. The molecule has 0 radical (unpaired) electrons. The van der Waals surface area contributed by atoms with Gasteiger partial charge in [0.25, 0.3) is 5.91 Å². The fourth-order valence-electron chi connectivity index (χ4n) is 3.24. The summed E-state index contributed by atoms with van der Waals surface area (Å²) in [6, 6.07) is 16.9. The number of nitrogens with one attached hydrogen (secondary N) is 1.